The fourth-order valence-electron chi connectivity index (χ4n) is 1.20. The van der Waals surface area contributed by atoms with Crippen molar-refractivity contribution >= 4 is 29.2 Å². The maximum absolute atomic E-state index is 11.5. The van der Waals surface area contributed by atoms with E-state index in [2.05, 4.69) is 0 Å². The van der Waals surface area contributed by atoms with Gasteiger partial charge in [0, 0.05) is 5.88 Å². The van der Waals surface area contributed by atoms with Gasteiger partial charge in [-0.3, -0.25) is 4.79 Å². The molecule has 1 aromatic carbocycles. The highest BCUT2D eigenvalue weighted by Gasteiger charge is 2.16. The molecule has 0 fully saturated rings. The number of carbonyl (C=O) groups is 1. The standard InChI is InChI=1S/C12H14Cl2O2/c13-9-5-4-8-11(14)12(15)16-10-6-2-1-3-7-10/h1-3,6-7,11H,4-5,8-9H2. The molecule has 0 bridgehead atoms. The van der Waals surface area contributed by atoms with Gasteiger partial charge in [0.05, 0.1) is 0 Å². The number of hydrogen-bond donors (Lipinski definition) is 0. The van der Waals surface area contributed by atoms with Crippen molar-refractivity contribution in [1.29, 1.82) is 0 Å². The van der Waals surface area contributed by atoms with Gasteiger partial charge in [0.25, 0.3) is 0 Å². The summed E-state index contributed by atoms with van der Waals surface area (Å²) in [4.78, 5) is 11.5. The molecule has 0 aliphatic rings. The first-order valence-corrected chi connectivity index (χ1v) is 6.18. The monoisotopic (exact) mass is 260 g/mol. The van der Waals surface area contributed by atoms with Gasteiger partial charge in [0.2, 0.25) is 0 Å². The summed E-state index contributed by atoms with van der Waals surface area (Å²) in [7, 11) is 0. The Morgan fingerprint density at radius 3 is 2.56 bits per heavy atom. The van der Waals surface area contributed by atoms with E-state index in [9.17, 15) is 4.79 Å². The van der Waals surface area contributed by atoms with E-state index in [-0.39, 0.29) is 0 Å². The van der Waals surface area contributed by atoms with Crippen LogP contribution < -0.4 is 4.74 Å². The second kappa shape index (κ2) is 7.53. The maximum Gasteiger partial charge on any atom is 0.329 e. The number of carbonyl (C=O) groups excluding carboxylic acids is 1. The van der Waals surface area contributed by atoms with Crippen LogP contribution in [-0.4, -0.2) is 17.2 Å². The Morgan fingerprint density at radius 2 is 1.94 bits per heavy atom. The molecule has 4 heteroatoms. The van der Waals surface area contributed by atoms with E-state index in [0.29, 0.717) is 18.1 Å². The fraction of sp³-hybridized carbons (Fsp3) is 0.417. The highest BCUT2D eigenvalue weighted by Crippen LogP contribution is 2.14. The van der Waals surface area contributed by atoms with Gasteiger partial charge in [0.1, 0.15) is 11.1 Å². The Morgan fingerprint density at radius 1 is 1.25 bits per heavy atom. The maximum atomic E-state index is 11.5. The quantitative estimate of drug-likeness (QED) is 0.338. The summed E-state index contributed by atoms with van der Waals surface area (Å²) < 4.78 is 5.10. The molecule has 16 heavy (non-hydrogen) atoms. The number of hydrogen-bond acceptors (Lipinski definition) is 2. The minimum Gasteiger partial charge on any atom is -0.425 e. The molecule has 0 saturated heterocycles. The third kappa shape index (κ3) is 4.86. The van der Waals surface area contributed by atoms with Crippen molar-refractivity contribution in [2.45, 2.75) is 24.6 Å². The predicted octanol–water partition coefficient (Wildman–Crippen LogP) is 3.61. The van der Waals surface area contributed by atoms with Crippen molar-refractivity contribution in [3.05, 3.63) is 30.3 Å². The van der Waals surface area contributed by atoms with E-state index in [1.165, 1.54) is 0 Å². The van der Waals surface area contributed by atoms with E-state index < -0.39 is 11.3 Å². The van der Waals surface area contributed by atoms with Crippen LogP contribution in [0.5, 0.6) is 5.75 Å². The second-order valence-electron chi connectivity index (χ2n) is 3.39. The third-order valence-electron chi connectivity index (χ3n) is 2.06. The molecule has 0 heterocycles. The van der Waals surface area contributed by atoms with E-state index in [4.69, 9.17) is 27.9 Å². The first kappa shape index (κ1) is 13.3. The molecule has 1 unspecified atom stereocenters. The molecule has 0 aliphatic carbocycles. The average Bonchev–Trinajstić information content (AvgIpc) is 2.30. The zero-order valence-electron chi connectivity index (χ0n) is 8.86. The number of para-hydroxylation sites is 1. The first-order chi connectivity index (χ1) is 7.74. The molecule has 88 valence electrons. The molecule has 0 aromatic heterocycles. The Hall–Kier alpha value is -0.730. The number of benzene rings is 1. The van der Waals surface area contributed by atoms with Crippen molar-refractivity contribution < 1.29 is 9.53 Å². The molecule has 0 N–H and O–H groups in total. The molecule has 2 nitrogen and oxygen atoms in total. The number of esters is 1. The zero-order chi connectivity index (χ0) is 11.8. The van der Waals surface area contributed by atoms with Gasteiger partial charge in [-0.15, -0.1) is 23.2 Å². The summed E-state index contributed by atoms with van der Waals surface area (Å²) in [5.41, 5.74) is 0. The zero-order valence-corrected chi connectivity index (χ0v) is 10.4. The largest absolute Gasteiger partial charge is 0.425 e. The van der Waals surface area contributed by atoms with Crippen LogP contribution in [0.3, 0.4) is 0 Å². The van der Waals surface area contributed by atoms with Crippen molar-refractivity contribution in [2.75, 3.05) is 5.88 Å². The number of alkyl halides is 2. The average molecular weight is 261 g/mol. The Kier molecular flexibility index (Phi) is 6.27. The fourth-order valence-corrected chi connectivity index (χ4v) is 1.59. The Balaban J connectivity index is 2.34. The van der Waals surface area contributed by atoms with E-state index in [1.807, 2.05) is 6.07 Å². The van der Waals surface area contributed by atoms with Crippen LogP contribution >= 0.6 is 23.2 Å². The summed E-state index contributed by atoms with van der Waals surface area (Å²) in [5, 5.41) is -0.594. The number of ether oxygens (including phenoxy) is 1. The minimum atomic E-state index is -0.594. The predicted molar refractivity (Wildman–Crippen MR) is 66.3 cm³/mol. The molecule has 1 atom stereocenters. The molecule has 0 radical (unpaired) electrons. The summed E-state index contributed by atoms with van der Waals surface area (Å²) in [6.45, 7) is 0. The topological polar surface area (TPSA) is 26.3 Å². The van der Waals surface area contributed by atoms with Crippen molar-refractivity contribution in [1.82, 2.24) is 0 Å². The van der Waals surface area contributed by atoms with Crippen molar-refractivity contribution in [3.8, 4) is 5.75 Å². The van der Waals surface area contributed by atoms with Gasteiger partial charge in [-0.05, 0) is 25.0 Å². The molecular weight excluding hydrogens is 247 g/mol. The lowest BCUT2D eigenvalue weighted by molar-refractivity contribution is -0.134. The summed E-state index contributed by atoms with van der Waals surface area (Å²) in [6.07, 6.45) is 2.30. The molecule has 0 aliphatic heterocycles. The van der Waals surface area contributed by atoms with Gasteiger partial charge < -0.3 is 4.74 Å². The highest BCUT2D eigenvalue weighted by atomic mass is 35.5. The molecule has 0 amide bonds. The van der Waals surface area contributed by atoms with Crippen LogP contribution in [-0.2, 0) is 4.79 Å². The summed E-state index contributed by atoms with van der Waals surface area (Å²) in [5.74, 6) is 0.718. The lowest BCUT2D eigenvalue weighted by atomic mass is 10.2. The van der Waals surface area contributed by atoms with Crippen LogP contribution in [0.25, 0.3) is 0 Å². The van der Waals surface area contributed by atoms with Crippen LogP contribution in [0.2, 0.25) is 0 Å². The molecule has 0 spiro atoms. The van der Waals surface area contributed by atoms with Gasteiger partial charge in [-0.2, -0.15) is 0 Å². The smallest absolute Gasteiger partial charge is 0.329 e. The summed E-state index contributed by atoms with van der Waals surface area (Å²) >= 11 is 11.4. The van der Waals surface area contributed by atoms with Crippen LogP contribution in [0.15, 0.2) is 30.3 Å². The minimum absolute atomic E-state index is 0.401. The molecule has 1 aromatic rings. The highest BCUT2D eigenvalue weighted by molar-refractivity contribution is 6.30. The van der Waals surface area contributed by atoms with Crippen molar-refractivity contribution in [2.24, 2.45) is 0 Å². The molecule has 1 rings (SSSR count). The first-order valence-electron chi connectivity index (χ1n) is 5.21. The Labute approximate surface area is 106 Å². The Bertz CT molecular complexity index is 314. The van der Waals surface area contributed by atoms with Gasteiger partial charge >= 0.3 is 5.97 Å². The molecular formula is C12H14Cl2O2. The van der Waals surface area contributed by atoms with Gasteiger partial charge in [-0.1, -0.05) is 24.6 Å². The van der Waals surface area contributed by atoms with E-state index in [0.717, 1.165) is 12.8 Å². The lowest BCUT2D eigenvalue weighted by Crippen LogP contribution is -2.20. The van der Waals surface area contributed by atoms with Crippen LogP contribution in [0.4, 0.5) is 0 Å². The van der Waals surface area contributed by atoms with Gasteiger partial charge in [0.15, 0.2) is 0 Å². The second-order valence-corrected chi connectivity index (χ2v) is 4.29. The normalized spacial score (nSPS) is 12.1. The lowest BCUT2D eigenvalue weighted by Gasteiger charge is -2.08. The van der Waals surface area contributed by atoms with Crippen LogP contribution in [0.1, 0.15) is 19.3 Å². The molecule has 0 saturated carbocycles. The van der Waals surface area contributed by atoms with Crippen molar-refractivity contribution in [3.63, 3.8) is 0 Å². The number of halogens is 2. The third-order valence-corrected chi connectivity index (χ3v) is 2.72. The SMILES string of the molecule is O=C(Oc1ccccc1)C(Cl)CCCCCl. The summed E-state index contributed by atoms with van der Waals surface area (Å²) in [6, 6.07) is 8.91. The number of rotatable bonds is 6. The number of unbranched alkanes of at least 4 members (excludes halogenated alkanes) is 1. The van der Waals surface area contributed by atoms with Gasteiger partial charge in [-0.25, -0.2) is 0 Å². The van der Waals surface area contributed by atoms with Crippen LogP contribution in [0, 0.1) is 0 Å². The van der Waals surface area contributed by atoms with E-state index in [1.54, 1.807) is 24.3 Å². The van der Waals surface area contributed by atoms with E-state index >= 15 is 0 Å².